The Morgan fingerprint density at radius 3 is 2.62 bits per heavy atom. The number of hydrogen-bond donors (Lipinski definition) is 0. The first-order chi connectivity index (χ1) is 11.7. The second-order valence-corrected chi connectivity index (χ2v) is 6.07. The number of nitrogens with zero attached hydrogens (tertiary/aromatic N) is 1. The van der Waals surface area contributed by atoms with Crippen molar-refractivity contribution in [2.24, 2.45) is 0 Å². The minimum Gasteiger partial charge on any atom is -0.451 e. The van der Waals surface area contributed by atoms with E-state index in [0.717, 1.165) is 18.4 Å². The number of rotatable bonds is 1. The first-order valence-electron chi connectivity index (χ1n) is 8.11. The van der Waals surface area contributed by atoms with Crippen LogP contribution in [0.2, 0.25) is 0 Å². The highest BCUT2D eigenvalue weighted by Gasteiger charge is 2.22. The van der Waals surface area contributed by atoms with Gasteiger partial charge in [0.25, 0.3) is 5.91 Å². The number of carbonyl (C=O) groups excluding carboxylic acids is 1. The van der Waals surface area contributed by atoms with Gasteiger partial charge < -0.3 is 9.32 Å². The molecule has 3 aromatic rings. The van der Waals surface area contributed by atoms with Gasteiger partial charge in [0.05, 0.1) is 5.39 Å². The maximum atomic E-state index is 12.9. The number of para-hydroxylation sites is 1. The van der Waals surface area contributed by atoms with Gasteiger partial charge in [-0.15, -0.1) is 0 Å². The fourth-order valence-electron chi connectivity index (χ4n) is 3.24. The van der Waals surface area contributed by atoms with Crippen molar-refractivity contribution in [1.82, 2.24) is 4.90 Å². The summed E-state index contributed by atoms with van der Waals surface area (Å²) in [6.45, 7) is 1.20. The zero-order chi connectivity index (χ0) is 16.5. The van der Waals surface area contributed by atoms with E-state index in [2.05, 4.69) is 12.1 Å². The molecule has 2 heterocycles. The number of carbonyl (C=O) groups is 1. The zero-order valence-corrected chi connectivity index (χ0v) is 13.2. The van der Waals surface area contributed by atoms with E-state index in [4.69, 9.17) is 4.42 Å². The Kier molecular flexibility index (Phi) is 3.65. The van der Waals surface area contributed by atoms with Crippen LogP contribution in [0.4, 0.5) is 0 Å². The van der Waals surface area contributed by atoms with Crippen LogP contribution in [0.5, 0.6) is 0 Å². The van der Waals surface area contributed by atoms with E-state index in [9.17, 15) is 9.59 Å². The third-order valence-electron chi connectivity index (χ3n) is 4.49. The molecule has 1 aliphatic rings. The minimum absolute atomic E-state index is 0.109. The topological polar surface area (TPSA) is 50.5 Å². The molecular weight excluding hydrogens is 302 g/mol. The summed E-state index contributed by atoms with van der Waals surface area (Å²) in [5, 5.41) is 0.496. The molecule has 4 heteroatoms. The Balaban J connectivity index is 1.70. The normalized spacial score (nSPS) is 14.2. The quantitative estimate of drug-likeness (QED) is 0.691. The van der Waals surface area contributed by atoms with Crippen LogP contribution < -0.4 is 5.43 Å². The van der Waals surface area contributed by atoms with Gasteiger partial charge in [0.15, 0.2) is 11.2 Å². The van der Waals surface area contributed by atoms with Gasteiger partial charge in [0.2, 0.25) is 0 Å². The van der Waals surface area contributed by atoms with Crippen molar-refractivity contribution in [1.29, 1.82) is 0 Å². The first-order valence-corrected chi connectivity index (χ1v) is 8.11. The molecule has 0 unspecified atom stereocenters. The van der Waals surface area contributed by atoms with Gasteiger partial charge in [0, 0.05) is 19.2 Å². The molecule has 0 radical (unpaired) electrons. The third kappa shape index (κ3) is 2.60. The molecule has 0 N–H and O–H groups in total. The van der Waals surface area contributed by atoms with Gasteiger partial charge in [-0.3, -0.25) is 9.59 Å². The van der Waals surface area contributed by atoms with E-state index in [1.54, 1.807) is 29.2 Å². The monoisotopic (exact) mass is 319 g/mol. The number of benzene rings is 2. The highest BCUT2D eigenvalue weighted by atomic mass is 16.3. The van der Waals surface area contributed by atoms with Crippen LogP contribution in [0.3, 0.4) is 0 Å². The molecule has 1 aromatic heterocycles. The Bertz CT molecular complexity index is 974. The van der Waals surface area contributed by atoms with Crippen LogP contribution in [-0.2, 0) is 13.0 Å². The van der Waals surface area contributed by atoms with Gasteiger partial charge in [-0.25, -0.2) is 0 Å². The van der Waals surface area contributed by atoms with Gasteiger partial charge >= 0.3 is 0 Å². The average molecular weight is 319 g/mol. The molecule has 1 aliphatic heterocycles. The molecule has 0 bridgehead atoms. The fourth-order valence-corrected chi connectivity index (χ4v) is 3.24. The fraction of sp³-hybridized carbons (Fsp3) is 0.200. The lowest BCUT2D eigenvalue weighted by atomic mass is 10.0. The van der Waals surface area contributed by atoms with E-state index in [-0.39, 0.29) is 17.1 Å². The van der Waals surface area contributed by atoms with E-state index in [0.29, 0.717) is 24.1 Å². The number of aryl methyl sites for hydroxylation is 1. The molecule has 0 saturated carbocycles. The second kappa shape index (κ2) is 5.96. The highest BCUT2D eigenvalue weighted by Crippen LogP contribution is 2.21. The second-order valence-electron chi connectivity index (χ2n) is 6.07. The SMILES string of the molecule is O=C(c1cc(=O)c2ccccc2o1)N1CCCc2ccccc2C1. The van der Waals surface area contributed by atoms with Gasteiger partial charge in [-0.2, -0.15) is 0 Å². The molecule has 0 saturated heterocycles. The predicted octanol–water partition coefficient (Wildman–Crippen LogP) is 3.38. The third-order valence-corrected chi connectivity index (χ3v) is 4.49. The van der Waals surface area contributed by atoms with Crippen molar-refractivity contribution in [3.8, 4) is 0 Å². The van der Waals surface area contributed by atoms with Crippen molar-refractivity contribution in [3.05, 3.63) is 81.7 Å². The van der Waals surface area contributed by atoms with Gasteiger partial charge in [0.1, 0.15) is 5.58 Å². The predicted molar refractivity (Wildman–Crippen MR) is 92.0 cm³/mol. The lowest BCUT2D eigenvalue weighted by Gasteiger charge is -2.20. The summed E-state index contributed by atoms with van der Waals surface area (Å²) in [6, 6.07) is 16.5. The smallest absolute Gasteiger partial charge is 0.290 e. The van der Waals surface area contributed by atoms with Crippen molar-refractivity contribution >= 4 is 16.9 Å². The lowest BCUT2D eigenvalue weighted by Crippen LogP contribution is -2.31. The molecule has 24 heavy (non-hydrogen) atoms. The first kappa shape index (κ1) is 14.7. The maximum Gasteiger partial charge on any atom is 0.290 e. The molecule has 4 nitrogen and oxygen atoms in total. The summed E-state index contributed by atoms with van der Waals surface area (Å²) in [5.74, 6) is -0.118. The van der Waals surface area contributed by atoms with Crippen LogP contribution in [0.15, 0.2) is 63.8 Å². The van der Waals surface area contributed by atoms with Crippen LogP contribution in [0.25, 0.3) is 11.0 Å². The average Bonchev–Trinajstić information content (AvgIpc) is 2.83. The Hall–Kier alpha value is -2.88. The molecule has 0 atom stereocenters. The molecular formula is C20H17NO3. The number of hydrogen-bond acceptors (Lipinski definition) is 3. The number of fused-ring (bicyclic) bond motifs is 2. The Morgan fingerprint density at radius 1 is 1.00 bits per heavy atom. The lowest BCUT2D eigenvalue weighted by molar-refractivity contribution is 0.0714. The van der Waals surface area contributed by atoms with Crippen LogP contribution in [0, 0.1) is 0 Å². The maximum absolute atomic E-state index is 12.9. The molecule has 4 rings (SSSR count). The van der Waals surface area contributed by atoms with E-state index in [1.807, 2.05) is 12.1 Å². The van der Waals surface area contributed by atoms with Gasteiger partial charge in [-0.1, -0.05) is 36.4 Å². The van der Waals surface area contributed by atoms with Crippen LogP contribution in [0.1, 0.15) is 28.1 Å². The molecule has 1 amide bonds. The summed E-state index contributed by atoms with van der Waals surface area (Å²) < 4.78 is 5.70. The molecule has 0 fully saturated rings. The van der Waals surface area contributed by atoms with E-state index in [1.165, 1.54) is 11.6 Å². The van der Waals surface area contributed by atoms with Gasteiger partial charge in [-0.05, 0) is 36.1 Å². The van der Waals surface area contributed by atoms with Crippen molar-refractivity contribution in [2.75, 3.05) is 6.54 Å². The number of amides is 1. The van der Waals surface area contributed by atoms with Crippen molar-refractivity contribution in [2.45, 2.75) is 19.4 Å². The zero-order valence-electron chi connectivity index (χ0n) is 13.2. The Labute approximate surface area is 139 Å². The largest absolute Gasteiger partial charge is 0.451 e. The summed E-state index contributed by atoms with van der Waals surface area (Å²) in [5.41, 5.74) is 2.71. The molecule has 120 valence electrons. The summed E-state index contributed by atoms with van der Waals surface area (Å²) in [4.78, 5) is 26.8. The summed E-state index contributed by atoms with van der Waals surface area (Å²) >= 11 is 0. The molecule has 2 aromatic carbocycles. The van der Waals surface area contributed by atoms with E-state index >= 15 is 0 Å². The highest BCUT2D eigenvalue weighted by molar-refractivity contribution is 5.93. The van der Waals surface area contributed by atoms with Crippen molar-refractivity contribution in [3.63, 3.8) is 0 Å². The summed E-state index contributed by atoms with van der Waals surface area (Å²) in [6.07, 6.45) is 1.86. The van der Waals surface area contributed by atoms with Crippen molar-refractivity contribution < 1.29 is 9.21 Å². The minimum atomic E-state index is -0.227. The van der Waals surface area contributed by atoms with Crippen LogP contribution >= 0.6 is 0 Å². The standard InChI is InChI=1S/C20H17NO3/c22-17-12-19(24-18-10-4-3-9-16(17)18)20(23)21-11-5-8-14-6-1-2-7-15(14)13-21/h1-4,6-7,9-10,12H,5,8,11,13H2. The van der Waals surface area contributed by atoms with Crippen LogP contribution in [-0.4, -0.2) is 17.4 Å². The Morgan fingerprint density at radius 2 is 1.75 bits per heavy atom. The van der Waals surface area contributed by atoms with E-state index < -0.39 is 0 Å². The molecule has 0 spiro atoms. The summed E-state index contributed by atoms with van der Waals surface area (Å²) in [7, 11) is 0. The molecule has 0 aliphatic carbocycles.